The normalized spacial score (nSPS) is 8.93. The summed E-state index contributed by atoms with van der Waals surface area (Å²) in [6, 6.07) is 3.59. The predicted octanol–water partition coefficient (Wildman–Crippen LogP) is 3.79. The number of carboxylic acids is 1. The van der Waals surface area contributed by atoms with E-state index < -0.39 is 5.97 Å². The first-order chi connectivity index (χ1) is 6.52. The number of carbonyl (C=O) groups is 1. The highest BCUT2D eigenvalue weighted by Gasteiger charge is 2.10. The number of carboxylic acid groups (broad SMARTS) is 1. The van der Waals surface area contributed by atoms with E-state index in [9.17, 15) is 4.79 Å². The molecule has 78 valence electrons. The van der Waals surface area contributed by atoms with E-state index in [0.29, 0.717) is 10.0 Å². The molecule has 0 spiro atoms. The molecule has 0 aromatic heterocycles. The van der Waals surface area contributed by atoms with Crippen LogP contribution in [0.25, 0.3) is 0 Å². The summed E-state index contributed by atoms with van der Waals surface area (Å²) in [5.74, 6) is -0.895. The zero-order chi connectivity index (χ0) is 11.3. The third kappa shape index (κ3) is 3.14. The molecule has 0 aliphatic rings. The van der Waals surface area contributed by atoms with Gasteiger partial charge in [0.1, 0.15) is 0 Å². The van der Waals surface area contributed by atoms with Gasteiger partial charge in [0.2, 0.25) is 0 Å². The van der Waals surface area contributed by atoms with Gasteiger partial charge in [-0.2, -0.15) is 0 Å². The summed E-state index contributed by atoms with van der Waals surface area (Å²) in [6.07, 6.45) is 0. The molecule has 14 heavy (non-hydrogen) atoms. The van der Waals surface area contributed by atoms with E-state index >= 15 is 0 Å². The molecule has 0 fully saturated rings. The summed E-state index contributed by atoms with van der Waals surface area (Å²) in [5.41, 5.74) is 2.24. The minimum atomic E-state index is -0.895. The Labute approximate surface area is 93.1 Å². The monoisotopic (exact) mass is 258 g/mol. The van der Waals surface area contributed by atoms with E-state index in [4.69, 9.17) is 5.11 Å². The first-order valence-electron chi connectivity index (χ1n) is 4.52. The molecule has 1 aromatic carbocycles. The SMILES string of the molecule is CC.Cc1cc(C)c(Br)c(C(=O)O)c1. The van der Waals surface area contributed by atoms with E-state index in [1.165, 1.54) is 0 Å². The summed E-state index contributed by atoms with van der Waals surface area (Å²) in [5, 5.41) is 8.78. The number of hydrogen-bond acceptors (Lipinski definition) is 1. The van der Waals surface area contributed by atoms with Gasteiger partial charge in [0.05, 0.1) is 5.56 Å². The number of halogens is 1. The molecule has 0 atom stereocenters. The molecular formula is C11H15BrO2. The fourth-order valence-corrected chi connectivity index (χ4v) is 1.50. The Kier molecular flexibility index (Phi) is 5.46. The van der Waals surface area contributed by atoms with Crippen molar-refractivity contribution in [3.05, 3.63) is 33.3 Å². The fraction of sp³-hybridized carbons (Fsp3) is 0.364. The smallest absolute Gasteiger partial charge is 0.336 e. The number of rotatable bonds is 1. The lowest BCUT2D eigenvalue weighted by Gasteiger charge is -2.04. The van der Waals surface area contributed by atoms with E-state index in [2.05, 4.69) is 15.9 Å². The Morgan fingerprint density at radius 1 is 1.29 bits per heavy atom. The topological polar surface area (TPSA) is 37.3 Å². The second-order valence-electron chi connectivity index (χ2n) is 2.75. The lowest BCUT2D eigenvalue weighted by atomic mass is 10.1. The third-order valence-corrected chi connectivity index (χ3v) is 2.68. The first kappa shape index (κ1) is 13.2. The Bertz CT molecular complexity index is 332. The van der Waals surface area contributed by atoms with Gasteiger partial charge >= 0.3 is 5.97 Å². The van der Waals surface area contributed by atoms with Crippen LogP contribution in [0.5, 0.6) is 0 Å². The van der Waals surface area contributed by atoms with Crippen molar-refractivity contribution in [2.24, 2.45) is 0 Å². The molecule has 1 rings (SSSR count). The van der Waals surface area contributed by atoms with Crippen molar-refractivity contribution >= 4 is 21.9 Å². The molecule has 0 unspecified atom stereocenters. The highest BCUT2D eigenvalue weighted by atomic mass is 79.9. The van der Waals surface area contributed by atoms with E-state index in [1.54, 1.807) is 6.07 Å². The zero-order valence-electron chi connectivity index (χ0n) is 8.89. The Balaban J connectivity index is 0.000000791. The standard InChI is InChI=1S/C9H9BrO2.C2H6/c1-5-3-6(2)8(10)7(4-5)9(11)12;1-2/h3-4H,1-2H3,(H,11,12);1-2H3. The summed E-state index contributed by atoms with van der Waals surface area (Å²) in [4.78, 5) is 10.7. The molecule has 0 aliphatic carbocycles. The molecule has 0 bridgehead atoms. The van der Waals surface area contributed by atoms with Crippen LogP contribution in [-0.4, -0.2) is 11.1 Å². The highest BCUT2D eigenvalue weighted by molar-refractivity contribution is 9.10. The van der Waals surface area contributed by atoms with E-state index in [1.807, 2.05) is 33.8 Å². The van der Waals surface area contributed by atoms with Crippen molar-refractivity contribution in [3.63, 3.8) is 0 Å². The van der Waals surface area contributed by atoms with Gasteiger partial charge in [-0.3, -0.25) is 0 Å². The molecule has 0 aliphatic heterocycles. The number of aromatic carboxylic acids is 1. The fourth-order valence-electron chi connectivity index (χ4n) is 1.11. The van der Waals surface area contributed by atoms with Gasteiger partial charge in [-0.25, -0.2) is 4.79 Å². The molecule has 0 saturated carbocycles. The van der Waals surface area contributed by atoms with Gasteiger partial charge in [-0.1, -0.05) is 19.9 Å². The number of hydrogen-bond donors (Lipinski definition) is 1. The van der Waals surface area contributed by atoms with Crippen LogP contribution in [0, 0.1) is 13.8 Å². The minimum Gasteiger partial charge on any atom is -0.478 e. The van der Waals surface area contributed by atoms with Crippen LogP contribution in [-0.2, 0) is 0 Å². The van der Waals surface area contributed by atoms with Crippen LogP contribution in [0.4, 0.5) is 0 Å². The molecule has 1 N–H and O–H groups in total. The first-order valence-corrected chi connectivity index (χ1v) is 5.31. The lowest BCUT2D eigenvalue weighted by molar-refractivity contribution is 0.0695. The van der Waals surface area contributed by atoms with Crippen LogP contribution in [0.1, 0.15) is 35.3 Å². The van der Waals surface area contributed by atoms with Crippen LogP contribution >= 0.6 is 15.9 Å². The van der Waals surface area contributed by atoms with Crippen molar-refractivity contribution in [2.45, 2.75) is 27.7 Å². The maximum Gasteiger partial charge on any atom is 0.336 e. The Hall–Kier alpha value is -0.830. The van der Waals surface area contributed by atoms with Crippen molar-refractivity contribution in [3.8, 4) is 0 Å². The quantitative estimate of drug-likeness (QED) is 0.833. The van der Waals surface area contributed by atoms with E-state index in [-0.39, 0.29) is 0 Å². The van der Waals surface area contributed by atoms with Crippen molar-refractivity contribution < 1.29 is 9.90 Å². The van der Waals surface area contributed by atoms with Crippen LogP contribution in [0.15, 0.2) is 16.6 Å². The maximum absolute atomic E-state index is 10.7. The molecule has 0 saturated heterocycles. The molecule has 0 heterocycles. The van der Waals surface area contributed by atoms with Crippen molar-refractivity contribution in [1.29, 1.82) is 0 Å². The van der Waals surface area contributed by atoms with Gasteiger partial charge in [0.25, 0.3) is 0 Å². The van der Waals surface area contributed by atoms with Crippen LogP contribution in [0.3, 0.4) is 0 Å². The Morgan fingerprint density at radius 2 is 1.79 bits per heavy atom. The highest BCUT2D eigenvalue weighted by Crippen LogP contribution is 2.22. The summed E-state index contributed by atoms with van der Waals surface area (Å²) < 4.78 is 0.667. The minimum absolute atomic E-state index is 0.326. The van der Waals surface area contributed by atoms with Gasteiger partial charge < -0.3 is 5.11 Å². The van der Waals surface area contributed by atoms with Gasteiger partial charge in [0.15, 0.2) is 0 Å². The molecule has 2 nitrogen and oxygen atoms in total. The molecular weight excluding hydrogens is 244 g/mol. The third-order valence-electron chi connectivity index (χ3n) is 1.63. The van der Waals surface area contributed by atoms with Crippen LogP contribution in [0.2, 0.25) is 0 Å². The lowest BCUT2D eigenvalue weighted by Crippen LogP contribution is -1.99. The van der Waals surface area contributed by atoms with Crippen LogP contribution < -0.4 is 0 Å². The second-order valence-corrected chi connectivity index (χ2v) is 3.54. The molecule has 3 heteroatoms. The van der Waals surface area contributed by atoms with Gasteiger partial charge in [-0.05, 0) is 47.0 Å². The Morgan fingerprint density at radius 3 is 2.21 bits per heavy atom. The number of aryl methyl sites for hydroxylation is 2. The largest absolute Gasteiger partial charge is 0.478 e. The van der Waals surface area contributed by atoms with Crippen molar-refractivity contribution in [2.75, 3.05) is 0 Å². The predicted molar refractivity (Wildman–Crippen MR) is 61.9 cm³/mol. The maximum atomic E-state index is 10.7. The average molecular weight is 259 g/mol. The average Bonchev–Trinajstić information content (AvgIpc) is 2.14. The summed E-state index contributed by atoms with van der Waals surface area (Å²) >= 11 is 3.23. The second kappa shape index (κ2) is 5.81. The van der Waals surface area contributed by atoms with E-state index in [0.717, 1.165) is 11.1 Å². The van der Waals surface area contributed by atoms with Gasteiger partial charge in [0, 0.05) is 4.47 Å². The summed E-state index contributed by atoms with van der Waals surface area (Å²) in [6.45, 7) is 7.76. The van der Waals surface area contributed by atoms with Crippen molar-refractivity contribution in [1.82, 2.24) is 0 Å². The molecule has 1 aromatic rings. The molecule has 0 amide bonds. The molecule has 0 radical (unpaired) electrons. The van der Waals surface area contributed by atoms with Gasteiger partial charge in [-0.15, -0.1) is 0 Å². The number of benzene rings is 1. The summed E-state index contributed by atoms with van der Waals surface area (Å²) in [7, 11) is 0. The zero-order valence-corrected chi connectivity index (χ0v) is 10.5.